The van der Waals surface area contributed by atoms with Gasteiger partial charge in [-0.05, 0) is 82.1 Å². The summed E-state index contributed by atoms with van der Waals surface area (Å²) in [7, 11) is 1.00. The highest BCUT2D eigenvalue weighted by Crippen LogP contribution is 2.14. The van der Waals surface area contributed by atoms with Crippen LogP contribution in [0.15, 0.2) is 55.1 Å². The van der Waals surface area contributed by atoms with E-state index in [2.05, 4.69) is 71.9 Å². The first-order chi connectivity index (χ1) is 16.9. The van der Waals surface area contributed by atoms with Crippen molar-refractivity contribution in [3.8, 4) is 11.8 Å². The minimum atomic E-state index is -0.417. The monoisotopic (exact) mass is 477 g/mol. The third kappa shape index (κ3) is 13.5. The lowest BCUT2D eigenvalue weighted by molar-refractivity contribution is -0.125. The first-order valence-corrected chi connectivity index (χ1v) is 12.4. The number of rotatable bonds is 5. The van der Waals surface area contributed by atoms with Gasteiger partial charge in [-0.15, -0.1) is 0 Å². The number of carbonyl (C=O) groups excluding carboxylic acids is 2. The molecule has 4 heteroatoms. The van der Waals surface area contributed by atoms with Crippen LogP contribution in [0.5, 0.6) is 0 Å². The Morgan fingerprint density at radius 3 is 1.77 bits per heavy atom. The average Bonchev–Trinajstić information content (AvgIpc) is 2.91. The zero-order valence-electron chi connectivity index (χ0n) is 22.4. The number of hydrogen-bond donors (Lipinski definition) is 1. The Balaban J connectivity index is 0.000000897. The largest absolute Gasteiger partial charge is 0.400 e. The number of hydrogen-bond acceptors (Lipinski definition) is 4. The number of aliphatic hydroxyl groups excluding tert-OH is 1. The number of aliphatic hydroxyl groups is 1. The molecule has 0 radical (unpaired) electrons. The minimum Gasteiger partial charge on any atom is -0.400 e. The van der Waals surface area contributed by atoms with E-state index >= 15 is 0 Å². The molecule has 0 spiro atoms. The van der Waals surface area contributed by atoms with Crippen molar-refractivity contribution in [2.45, 2.75) is 60.4 Å². The summed E-state index contributed by atoms with van der Waals surface area (Å²) in [4.78, 5) is 22.4. The summed E-state index contributed by atoms with van der Waals surface area (Å²) >= 11 is 0. The molecule has 0 saturated carbocycles. The number of ketones is 1. The molecule has 0 aromatic heterocycles. The van der Waals surface area contributed by atoms with Crippen molar-refractivity contribution in [2.75, 3.05) is 20.2 Å². The summed E-state index contributed by atoms with van der Waals surface area (Å²) in [5, 5.41) is 7.00. The number of benzene rings is 2. The summed E-state index contributed by atoms with van der Waals surface area (Å²) in [5.74, 6) is 6.00. The Morgan fingerprint density at radius 1 is 0.943 bits per heavy atom. The fourth-order valence-electron chi connectivity index (χ4n) is 3.15. The van der Waals surface area contributed by atoms with Gasteiger partial charge in [0.1, 0.15) is 12.1 Å². The van der Waals surface area contributed by atoms with Gasteiger partial charge in [0.2, 0.25) is 0 Å². The lowest BCUT2D eigenvalue weighted by Crippen LogP contribution is -2.29. The third-order valence-corrected chi connectivity index (χ3v) is 5.38. The number of nitrogens with zero attached hydrogens (tertiary/aromatic N) is 1. The molecule has 1 heterocycles. The number of likely N-dealkylation sites (tertiary alicyclic amines) is 1. The van der Waals surface area contributed by atoms with E-state index in [0.29, 0.717) is 6.29 Å². The lowest BCUT2D eigenvalue weighted by atomic mass is 10.1. The van der Waals surface area contributed by atoms with Gasteiger partial charge in [-0.25, -0.2) is 0 Å². The predicted molar refractivity (Wildman–Crippen MR) is 148 cm³/mol. The molecule has 35 heavy (non-hydrogen) atoms. The molecule has 1 aliphatic heterocycles. The average molecular weight is 478 g/mol. The van der Waals surface area contributed by atoms with Crippen LogP contribution < -0.4 is 0 Å². The van der Waals surface area contributed by atoms with Crippen molar-refractivity contribution in [3.05, 3.63) is 77.4 Å². The van der Waals surface area contributed by atoms with Crippen molar-refractivity contribution < 1.29 is 14.7 Å². The van der Waals surface area contributed by atoms with Crippen LogP contribution in [-0.2, 0) is 16.1 Å². The second-order valence-electron chi connectivity index (χ2n) is 8.18. The maximum Gasteiger partial charge on any atom is 0.139 e. The molecule has 2 aromatic carbocycles. The number of aldehydes is 1. The van der Waals surface area contributed by atoms with Crippen LogP contribution in [-0.4, -0.2) is 42.3 Å². The van der Waals surface area contributed by atoms with Crippen molar-refractivity contribution in [3.63, 3.8) is 0 Å². The van der Waals surface area contributed by atoms with Crippen LogP contribution in [0.3, 0.4) is 0 Å². The Bertz CT molecular complexity index is 928. The molecular formula is C31H43NO3. The highest BCUT2D eigenvalue weighted by molar-refractivity contribution is 5.90. The first-order valence-electron chi connectivity index (χ1n) is 12.4. The smallest absolute Gasteiger partial charge is 0.139 e. The van der Waals surface area contributed by atoms with Crippen LogP contribution in [0, 0.1) is 17.8 Å². The highest BCUT2D eigenvalue weighted by atomic mass is 16.2. The molecule has 0 aliphatic carbocycles. The van der Waals surface area contributed by atoms with Crippen LogP contribution in [0.1, 0.15) is 76.1 Å². The number of Topliss-reactive ketones (excluding diaryl/α,β-unsaturated/α-hetero) is 1. The van der Waals surface area contributed by atoms with Crippen molar-refractivity contribution in [1.82, 2.24) is 4.90 Å². The van der Waals surface area contributed by atoms with Gasteiger partial charge < -0.3 is 9.90 Å². The van der Waals surface area contributed by atoms with Gasteiger partial charge in [-0.2, -0.15) is 0 Å². The molecule has 0 amide bonds. The van der Waals surface area contributed by atoms with E-state index in [1.165, 1.54) is 50.4 Å². The van der Waals surface area contributed by atoms with Gasteiger partial charge in [0, 0.05) is 24.8 Å². The SMILES string of the molecule is C=C(C)c1ccc(C#Cc2ccc(CN3CCCCC3)cc2)cc1.CC.CC(=O)C(C)C=O.CO. The normalized spacial score (nSPS) is 13.0. The molecule has 1 aliphatic rings. The maximum atomic E-state index is 10.1. The topological polar surface area (TPSA) is 57.6 Å². The van der Waals surface area contributed by atoms with E-state index in [1.807, 2.05) is 20.8 Å². The second-order valence-corrected chi connectivity index (χ2v) is 8.18. The number of allylic oxidation sites excluding steroid dienone is 1. The zero-order valence-corrected chi connectivity index (χ0v) is 22.4. The fraction of sp³-hybridized carbons (Fsp3) is 0.419. The molecule has 1 N–H and O–H groups in total. The van der Waals surface area contributed by atoms with Crippen molar-refractivity contribution in [2.24, 2.45) is 5.92 Å². The number of piperidine rings is 1. The molecule has 1 fully saturated rings. The molecule has 1 saturated heterocycles. The van der Waals surface area contributed by atoms with Crippen LogP contribution in [0.4, 0.5) is 0 Å². The van der Waals surface area contributed by atoms with E-state index in [1.54, 1.807) is 6.92 Å². The van der Waals surface area contributed by atoms with Gasteiger partial charge in [0.15, 0.2) is 0 Å². The maximum absolute atomic E-state index is 10.1. The molecule has 4 nitrogen and oxygen atoms in total. The molecule has 1 atom stereocenters. The molecule has 0 bridgehead atoms. The third-order valence-electron chi connectivity index (χ3n) is 5.38. The second kappa shape index (κ2) is 19.3. The van der Waals surface area contributed by atoms with E-state index in [4.69, 9.17) is 5.11 Å². The summed E-state index contributed by atoms with van der Waals surface area (Å²) < 4.78 is 0. The quantitative estimate of drug-likeness (QED) is 0.319. The zero-order chi connectivity index (χ0) is 26.6. The summed E-state index contributed by atoms with van der Waals surface area (Å²) in [6, 6.07) is 17.0. The lowest BCUT2D eigenvalue weighted by Gasteiger charge is -2.26. The predicted octanol–water partition coefficient (Wildman–Crippen LogP) is 6.15. The molecule has 3 rings (SSSR count). The van der Waals surface area contributed by atoms with E-state index in [9.17, 15) is 9.59 Å². The number of carbonyl (C=O) groups is 2. The van der Waals surface area contributed by atoms with E-state index in [0.717, 1.165) is 30.4 Å². The molecular weight excluding hydrogens is 434 g/mol. The molecule has 1 unspecified atom stereocenters. The van der Waals surface area contributed by atoms with Gasteiger partial charge in [-0.3, -0.25) is 9.69 Å². The van der Waals surface area contributed by atoms with Crippen LogP contribution >= 0.6 is 0 Å². The molecule has 2 aromatic rings. The molecule has 190 valence electrons. The van der Waals surface area contributed by atoms with Gasteiger partial charge >= 0.3 is 0 Å². The Labute approximate surface area is 213 Å². The minimum absolute atomic E-state index is 0.0741. The summed E-state index contributed by atoms with van der Waals surface area (Å²) in [6.07, 6.45) is 4.71. The van der Waals surface area contributed by atoms with Gasteiger partial charge in [0.05, 0.1) is 5.92 Å². The van der Waals surface area contributed by atoms with Crippen LogP contribution in [0.25, 0.3) is 5.57 Å². The standard InChI is InChI=1S/C23H25N.C5H8O2.C2H6.CH4O/c1-19(2)23-14-12-21(13-15-23)7-6-20-8-10-22(11-9-20)18-24-16-4-3-5-17-24;1-4(3-6)5(2)7;2*1-2/h8-15H,1,3-5,16-18H2,2H3;3-4H,1-2H3;1-2H3;2H,1H3. The Kier molecular flexibility index (Phi) is 17.7. The van der Waals surface area contributed by atoms with Crippen molar-refractivity contribution in [1.29, 1.82) is 0 Å². The first kappa shape index (κ1) is 32.0. The van der Waals surface area contributed by atoms with Gasteiger partial charge in [-0.1, -0.05) is 68.5 Å². The Hall–Kier alpha value is -3.00. The van der Waals surface area contributed by atoms with Crippen LogP contribution in [0.2, 0.25) is 0 Å². The van der Waals surface area contributed by atoms with Crippen molar-refractivity contribution >= 4 is 17.6 Å². The highest BCUT2D eigenvalue weighted by Gasteiger charge is 2.09. The summed E-state index contributed by atoms with van der Waals surface area (Å²) in [6.45, 7) is 16.5. The van der Waals surface area contributed by atoms with Gasteiger partial charge in [0.25, 0.3) is 0 Å². The van der Waals surface area contributed by atoms with E-state index in [-0.39, 0.29) is 5.78 Å². The fourth-order valence-corrected chi connectivity index (χ4v) is 3.15. The van der Waals surface area contributed by atoms with E-state index < -0.39 is 5.92 Å². The Morgan fingerprint density at radius 2 is 1.40 bits per heavy atom. The summed E-state index contributed by atoms with van der Waals surface area (Å²) in [5.41, 5.74) is 5.74.